The molecule has 0 heterocycles. The van der Waals surface area contributed by atoms with E-state index in [9.17, 15) is 9.36 Å². The monoisotopic (exact) mass is 412 g/mol. The maximum atomic E-state index is 13.2. The van der Waals surface area contributed by atoms with Crippen LogP contribution in [0.25, 0.3) is 0 Å². The number of benzene rings is 1. The van der Waals surface area contributed by atoms with E-state index in [0.29, 0.717) is 18.1 Å². The summed E-state index contributed by atoms with van der Waals surface area (Å²) >= 11 is 0. The van der Waals surface area contributed by atoms with E-state index in [-0.39, 0.29) is 12.8 Å². The van der Waals surface area contributed by atoms with Crippen LogP contribution in [0.15, 0.2) is 35.9 Å². The molecule has 1 rings (SSSR count). The maximum Gasteiger partial charge on any atom is 0.382 e. The standard InChI is InChI=1S/C21H33O6P/c1-16(2)18-9-11-19(12-10-18)27-28(24,13-7-8-17(3)14-22)26-15-25-20(23)21(4,5)6/h8-12,16,22H,7,13-15H2,1-6H3/b17-8+. The van der Waals surface area contributed by atoms with Crippen molar-refractivity contribution in [3.8, 4) is 5.75 Å². The molecule has 6 nitrogen and oxygen atoms in total. The van der Waals surface area contributed by atoms with E-state index in [1.807, 2.05) is 12.1 Å². The van der Waals surface area contributed by atoms with Crippen molar-refractivity contribution in [2.45, 2.75) is 53.9 Å². The summed E-state index contributed by atoms with van der Waals surface area (Å²) < 4.78 is 29.3. The van der Waals surface area contributed by atoms with Crippen LogP contribution < -0.4 is 4.52 Å². The zero-order chi connectivity index (χ0) is 21.4. The van der Waals surface area contributed by atoms with Crippen molar-refractivity contribution in [1.82, 2.24) is 0 Å². The molecule has 0 radical (unpaired) electrons. The predicted octanol–water partition coefficient (Wildman–Crippen LogP) is 5.27. The summed E-state index contributed by atoms with van der Waals surface area (Å²) in [5.41, 5.74) is 1.23. The van der Waals surface area contributed by atoms with Gasteiger partial charge in [0, 0.05) is 0 Å². The molecule has 1 aromatic carbocycles. The van der Waals surface area contributed by atoms with Gasteiger partial charge in [-0.3, -0.25) is 9.32 Å². The Labute approximate surface area is 168 Å². The highest BCUT2D eigenvalue weighted by Gasteiger charge is 2.28. The number of hydrogen-bond acceptors (Lipinski definition) is 6. The molecule has 158 valence electrons. The SMILES string of the molecule is C/C(=C\CCP(=O)(OCOC(=O)C(C)(C)C)Oc1ccc(C(C)C)cc1)CO. The topological polar surface area (TPSA) is 82.1 Å². The lowest BCUT2D eigenvalue weighted by molar-refractivity contribution is -0.159. The fourth-order valence-electron chi connectivity index (χ4n) is 2.12. The Morgan fingerprint density at radius 2 is 1.82 bits per heavy atom. The Bertz CT molecular complexity index is 701. The molecule has 7 heteroatoms. The minimum Gasteiger partial charge on any atom is -0.438 e. The maximum absolute atomic E-state index is 13.2. The van der Waals surface area contributed by atoms with Gasteiger partial charge in [0.25, 0.3) is 0 Å². The second kappa shape index (κ2) is 10.8. The van der Waals surface area contributed by atoms with Crippen molar-refractivity contribution in [2.24, 2.45) is 5.41 Å². The zero-order valence-electron chi connectivity index (χ0n) is 17.7. The molecule has 1 N–H and O–H groups in total. The van der Waals surface area contributed by atoms with Crippen LogP contribution in [0.5, 0.6) is 5.75 Å². The number of carbonyl (C=O) groups is 1. The van der Waals surface area contributed by atoms with Crippen LogP contribution in [-0.4, -0.2) is 30.6 Å². The van der Waals surface area contributed by atoms with Crippen molar-refractivity contribution in [2.75, 3.05) is 19.6 Å². The molecular weight excluding hydrogens is 379 g/mol. The van der Waals surface area contributed by atoms with Gasteiger partial charge in [-0.2, -0.15) is 0 Å². The molecule has 1 unspecified atom stereocenters. The largest absolute Gasteiger partial charge is 0.438 e. The third-order valence-electron chi connectivity index (χ3n) is 3.99. The first kappa shape index (κ1) is 24.4. The Balaban J connectivity index is 2.84. The van der Waals surface area contributed by atoms with Crippen LogP contribution in [0.3, 0.4) is 0 Å². The highest BCUT2D eigenvalue weighted by Crippen LogP contribution is 2.49. The van der Waals surface area contributed by atoms with Gasteiger partial charge in [0.05, 0.1) is 18.2 Å². The van der Waals surface area contributed by atoms with Gasteiger partial charge < -0.3 is 14.4 Å². The van der Waals surface area contributed by atoms with Gasteiger partial charge in [-0.1, -0.05) is 37.6 Å². The number of aliphatic hydroxyl groups is 1. The molecule has 0 aromatic heterocycles. The summed E-state index contributed by atoms with van der Waals surface area (Å²) in [6.45, 7) is 10.6. The lowest BCUT2D eigenvalue weighted by Crippen LogP contribution is -2.24. The van der Waals surface area contributed by atoms with Crippen molar-refractivity contribution >= 4 is 13.6 Å². The molecule has 0 fully saturated rings. The molecule has 28 heavy (non-hydrogen) atoms. The van der Waals surface area contributed by atoms with Gasteiger partial charge >= 0.3 is 13.6 Å². The molecule has 0 spiro atoms. The van der Waals surface area contributed by atoms with Crippen LogP contribution in [-0.2, 0) is 18.6 Å². The van der Waals surface area contributed by atoms with Crippen LogP contribution in [0.1, 0.15) is 59.4 Å². The van der Waals surface area contributed by atoms with Crippen LogP contribution >= 0.6 is 7.60 Å². The third-order valence-corrected chi connectivity index (χ3v) is 5.78. The number of esters is 1. The molecule has 1 atom stereocenters. The summed E-state index contributed by atoms with van der Waals surface area (Å²) in [4.78, 5) is 11.9. The number of rotatable bonds is 10. The van der Waals surface area contributed by atoms with E-state index in [4.69, 9.17) is 18.9 Å². The Kier molecular flexibility index (Phi) is 9.42. The van der Waals surface area contributed by atoms with E-state index >= 15 is 0 Å². The number of allylic oxidation sites excluding steroid dienone is 1. The first-order valence-corrected chi connectivity index (χ1v) is 11.2. The molecule has 0 aliphatic rings. The first-order chi connectivity index (χ1) is 13.0. The molecular formula is C21H33O6P. The van der Waals surface area contributed by atoms with E-state index in [2.05, 4.69) is 13.8 Å². The minimum absolute atomic E-state index is 0.0636. The van der Waals surface area contributed by atoms with Gasteiger partial charge in [-0.25, -0.2) is 4.57 Å². The molecule has 0 bridgehead atoms. The summed E-state index contributed by atoms with van der Waals surface area (Å²) in [5.74, 6) is 0.356. The average Bonchev–Trinajstić information content (AvgIpc) is 2.61. The predicted molar refractivity (Wildman–Crippen MR) is 111 cm³/mol. The highest BCUT2D eigenvalue weighted by atomic mass is 31.2. The minimum atomic E-state index is -3.56. The van der Waals surface area contributed by atoms with Crippen LogP contribution in [0, 0.1) is 5.41 Å². The number of ether oxygens (including phenoxy) is 1. The van der Waals surface area contributed by atoms with Crippen molar-refractivity contribution in [1.29, 1.82) is 0 Å². The fraction of sp³-hybridized carbons (Fsp3) is 0.571. The highest BCUT2D eigenvalue weighted by molar-refractivity contribution is 7.54. The number of aliphatic hydroxyl groups excluding tert-OH is 1. The van der Waals surface area contributed by atoms with Crippen molar-refractivity contribution < 1.29 is 28.3 Å². The van der Waals surface area contributed by atoms with Gasteiger partial charge in [0.2, 0.25) is 6.79 Å². The normalized spacial score (nSPS) is 14.6. The van der Waals surface area contributed by atoms with Crippen molar-refractivity contribution in [3.63, 3.8) is 0 Å². The van der Waals surface area contributed by atoms with Crippen LogP contribution in [0.2, 0.25) is 0 Å². The van der Waals surface area contributed by atoms with Crippen molar-refractivity contribution in [3.05, 3.63) is 41.5 Å². The van der Waals surface area contributed by atoms with E-state index in [1.54, 1.807) is 45.9 Å². The first-order valence-electron chi connectivity index (χ1n) is 9.44. The molecule has 0 saturated carbocycles. The Morgan fingerprint density at radius 1 is 1.21 bits per heavy atom. The Hall–Kier alpha value is -1.62. The molecule has 0 aliphatic heterocycles. The van der Waals surface area contributed by atoms with Gasteiger partial charge in [-0.15, -0.1) is 0 Å². The number of carbonyl (C=O) groups excluding carboxylic acids is 1. The third kappa shape index (κ3) is 8.59. The van der Waals surface area contributed by atoms with Gasteiger partial charge in [0.1, 0.15) is 5.75 Å². The second-order valence-electron chi connectivity index (χ2n) is 8.08. The van der Waals surface area contributed by atoms with Crippen LogP contribution in [0.4, 0.5) is 0 Å². The summed E-state index contributed by atoms with van der Waals surface area (Å²) in [5, 5.41) is 9.09. The quantitative estimate of drug-likeness (QED) is 0.244. The zero-order valence-corrected chi connectivity index (χ0v) is 18.6. The lowest BCUT2D eigenvalue weighted by atomic mass is 9.98. The smallest absolute Gasteiger partial charge is 0.382 e. The summed E-state index contributed by atoms with van der Waals surface area (Å²) in [7, 11) is -3.56. The summed E-state index contributed by atoms with van der Waals surface area (Å²) in [6.07, 6.45) is 2.28. The fourth-order valence-corrected chi connectivity index (χ4v) is 3.50. The van der Waals surface area contributed by atoms with E-state index in [0.717, 1.165) is 11.1 Å². The van der Waals surface area contributed by atoms with Gasteiger partial charge in [-0.05, 0) is 57.7 Å². The molecule has 0 amide bonds. The molecule has 0 aliphatic carbocycles. The van der Waals surface area contributed by atoms with Gasteiger partial charge in [0.15, 0.2) is 0 Å². The van der Waals surface area contributed by atoms with E-state index in [1.165, 1.54) is 0 Å². The van der Waals surface area contributed by atoms with E-state index < -0.39 is 25.8 Å². The average molecular weight is 412 g/mol. The second-order valence-corrected chi connectivity index (χ2v) is 10.2. The molecule has 1 aromatic rings. The Morgan fingerprint density at radius 3 is 2.32 bits per heavy atom. The lowest BCUT2D eigenvalue weighted by Gasteiger charge is -2.21. The number of hydrogen-bond donors (Lipinski definition) is 1. The molecule has 0 saturated heterocycles. The summed E-state index contributed by atoms with van der Waals surface area (Å²) in [6, 6.07) is 7.34.